The predicted molar refractivity (Wildman–Crippen MR) is 73.2 cm³/mol. The Hall–Kier alpha value is -1.79. The zero-order chi connectivity index (χ0) is 15.1. The van der Waals surface area contributed by atoms with Gasteiger partial charge in [0.25, 0.3) is 0 Å². The van der Waals surface area contributed by atoms with Crippen LogP contribution in [0.15, 0.2) is 0 Å². The Balaban J connectivity index is 2.20. The van der Waals surface area contributed by atoms with Gasteiger partial charge in [0.2, 0.25) is 5.91 Å². The van der Waals surface area contributed by atoms with E-state index >= 15 is 0 Å². The number of carbonyl (C=O) groups excluding carboxylic acids is 2. The summed E-state index contributed by atoms with van der Waals surface area (Å²) in [5, 5.41) is 14.1. The molecule has 1 saturated heterocycles. The number of hydrogen-bond acceptors (Lipinski definition) is 3. The molecule has 0 aliphatic carbocycles. The summed E-state index contributed by atoms with van der Waals surface area (Å²) < 4.78 is 0. The van der Waals surface area contributed by atoms with E-state index in [-0.39, 0.29) is 30.3 Å². The summed E-state index contributed by atoms with van der Waals surface area (Å²) in [5.41, 5.74) is 0. The molecule has 1 aliphatic heterocycles. The smallest absolute Gasteiger partial charge is 0.315 e. The topological polar surface area (TPSA) is 98.7 Å². The molecule has 7 heteroatoms. The minimum absolute atomic E-state index is 0.0213. The molecule has 0 saturated carbocycles. The van der Waals surface area contributed by atoms with Crippen molar-refractivity contribution in [3.05, 3.63) is 0 Å². The quantitative estimate of drug-likeness (QED) is 0.658. The van der Waals surface area contributed by atoms with Gasteiger partial charge in [0.1, 0.15) is 0 Å². The van der Waals surface area contributed by atoms with Gasteiger partial charge in [0.05, 0.1) is 0 Å². The van der Waals surface area contributed by atoms with Crippen LogP contribution in [-0.4, -0.2) is 54.1 Å². The third-order valence-corrected chi connectivity index (χ3v) is 3.42. The number of nitrogens with one attached hydrogen (secondary N) is 2. The fraction of sp³-hybridized carbons (Fsp3) is 0.769. The Morgan fingerprint density at radius 1 is 1.50 bits per heavy atom. The summed E-state index contributed by atoms with van der Waals surface area (Å²) in [6.45, 7) is 2.87. The van der Waals surface area contributed by atoms with E-state index < -0.39 is 5.97 Å². The maximum atomic E-state index is 11.7. The van der Waals surface area contributed by atoms with Crippen LogP contribution in [-0.2, 0) is 9.59 Å². The predicted octanol–water partition coefficient (Wildman–Crippen LogP) is 0.407. The van der Waals surface area contributed by atoms with E-state index in [1.807, 2.05) is 6.92 Å². The first-order chi connectivity index (χ1) is 9.38. The first-order valence-corrected chi connectivity index (χ1v) is 6.88. The van der Waals surface area contributed by atoms with Gasteiger partial charge in [-0.05, 0) is 18.8 Å². The lowest BCUT2D eigenvalue weighted by atomic mass is 10.1. The van der Waals surface area contributed by atoms with Gasteiger partial charge in [-0.2, -0.15) is 0 Å². The van der Waals surface area contributed by atoms with Crippen molar-refractivity contribution in [3.8, 4) is 0 Å². The number of urea groups is 1. The molecule has 20 heavy (non-hydrogen) atoms. The molecule has 0 aromatic carbocycles. The van der Waals surface area contributed by atoms with Gasteiger partial charge in [-0.1, -0.05) is 6.92 Å². The number of amides is 3. The molecule has 1 fully saturated rings. The van der Waals surface area contributed by atoms with E-state index in [4.69, 9.17) is 5.11 Å². The third-order valence-electron chi connectivity index (χ3n) is 3.42. The first-order valence-electron chi connectivity index (χ1n) is 6.88. The average Bonchev–Trinajstić information content (AvgIpc) is 2.38. The van der Waals surface area contributed by atoms with Crippen LogP contribution in [0.2, 0.25) is 0 Å². The zero-order valence-corrected chi connectivity index (χ0v) is 12.0. The van der Waals surface area contributed by atoms with Crippen molar-refractivity contribution in [2.45, 2.75) is 38.6 Å². The molecular weight excluding hydrogens is 262 g/mol. The van der Waals surface area contributed by atoms with Crippen LogP contribution < -0.4 is 10.6 Å². The van der Waals surface area contributed by atoms with E-state index in [1.165, 1.54) is 0 Å². The molecule has 2 atom stereocenters. The fourth-order valence-electron chi connectivity index (χ4n) is 2.11. The second-order valence-corrected chi connectivity index (χ2v) is 5.40. The molecule has 0 aromatic heterocycles. The van der Waals surface area contributed by atoms with Crippen molar-refractivity contribution in [3.63, 3.8) is 0 Å². The van der Waals surface area contributed by atoms with Crippen molar-refractivity contribution in [1.82, 2.24) is 15.5 Å². The molecule has 114 valence electrons. The molecular formula is C13H23N3O4. The number of likely N-dealkylation sites (N-methyl/N-ethyl adjacent to an activating group) is 1. The number of rotatable bonds is 6. The molecule has 3 amide bonds. The standard InChI is InChI=1S/C13H23N3O4/c1-9(3-6-12(18)19)7-14-13(20)15-10-4-5-11(17)16(2)8-10/h9-10H,3-8H2,1-2H3,(H,18,19)(H2,14,15,20). The molecule has 1 rings (SSSR count). The molecule has 2 unspecified atom stereocenters. The van der Waals surface area contributed by atoms with E-state index in [1.54, 1.807) is 11.9 Å². The number of likely N-dealkylation sites (tertiary alicyclic amines) is 1. The van der Waals surface area contributed by atoms with Gasteiger partial charge in [-0.25, -0.2) is 4.79 Å². The van der Waals surface area contributed by atoms with Crippen LogP contribution >= 0.6 is 0 Å². The van der Waals surface area contributed by atoms with Gasteiger partial charge >= 0.3 is 12.0 Å². The Kier molecular flexibility index (Phi) is 6.27. The highest BCUT2D eigenvalue weighted by atomic mass is 16.4. The summed E-state index contributed by atoms with van der Waals surface area (Å²) in [4.78, 5) is 35.1. The number of carboxylic acids is 1. The van der Waals surface area contributed by atoms with Crippen LogP contribution in [0.1, 0.15) is 32.6 Å². The molecule has 0 aromatic rings. The maximum Gasteiger partial charge on any atom is 0.315 e. The zero-order valence-electron chi connectivity index (χ0n) is 12.0. The number of aliphatic carboxylic acids is 1. The van der Waals surface area contributed by atoms with Crippen LogP contribution in [0.3, 0.4) is 0 Å². The van der Waals surface area contributed by atoms with Crippen LogP contribution in [0.25, 0.3) is 0 Å². The molecule has 7 nitrogen and oxygen atoms in total. The molecule has 0 bridgehead atoms. The highest BCUT2D eigenvalue weighted by Crippen LogP contribution is 2.09. The highest BCUT2D eigenvalue weighted by molar-refractivity contribution is 5.78. The molecule has 1 aliphatic rings. The lowest BCUT2D eigenvalue weighted by Crippen LogP contribution is -2.51. The Bertz CT molecular complexity index is 373. The van der Waals surface area contributed by atoms with Crippen molar-refractivity contribution < 1.29 is 19.5 Å². The van der Waals surface area contributed by atoms with E-state index in [9.17, 15) is 14.4 Å². The largest absolute Gasteiger partial charge is 0.481 e. The first kappa shape index (κ1) is 16.3. The number of hydrogen-bond donors (Lipinski definition) is 3. The monoisotopic (exact) mass is 285 g/mol. The van der Waals surface area contributed by atoms with Crippen LogP contribution in [0.5, 0.6) is 0 Å². The Labute approximate surface area is 118 Å². The van der Waals surface area contributed by atoms with Gasteiger partial charge in [-0.3, -0.25) is 9.59 Å². The molecule has 1 heterocycles. The summed E-state index contributed by atoms with van der Waals surface area (Å²) in [6.07, 6.45) is 1.76. The highest BCUT2D eigenvalue weighted by Gasteiger charge is 2.23. The molecule has 0 spiro atoms. The normalized spacial score (nSPS) is 20.4. The van der Waals surface area contributed by atoms with Crippen LogP contribution in [0.4, 0.5) is 4.79 Å². The van der Waals surface area contributed by atoms with Gasteiger partial charge in [-0.15, -0.1) is 0 Å². The molecule has 3 N–H and O–H groups in total. The third kappa shape index (κ3) is 5.90. The second kappa shape index (κ2) is 7.72. The van der Waals surface area contributed by atoms with Crippen molar-refractivity contribution >= 4 is 17.9 Å². The number of piperidine rings is 1. The number of carbonyl (C=O) groups is 3. The van der Waals surface area contributed by atoms with Crippen LogP contribution in [0, 0.1) is 5.92 Å². The Morgan fingerprint density at radius 3 is 2.80 bits per heavy atom. The fourth-order valence-corrected chi connectivity index (χ4v) is 2.11. The second-order valence-electron chi connectivity index (χ2n) is 5.40. The summed E-state index contributed by atoms with van der Waals surface area (Å²) >= 11 is 0. The van der Waals surface area contributed by atoms with E-state index in [2.05, 4.69) is 10.6 Å². The molecule has 0 radical (unpaired) electrons. The minimum Gasteiger partial charge on any atom is -0.481 e. The summed E-state index contributed by atoms with van der Waals surface area (Å²) in [6, 6.07) is -0.285. The Morgan fingerprint density at radius 2 is 2.20 bits per heavy atom. The maximum absolute atomic E-state index is 11.7. The SMILES string of the molecule is CC(CCC(=O)O)CNC(=O)NC1CCC(=O)N(C)C1. The average molecular weight is 285 g/mol. The van der Waals surface area contributed by atoms with E-state index in [0.717, 1.165) is 0 Å². The lowest BCUT2D eigenvalue weighted by molar-refractivity contribution is -0.137. The number of carboxylic acid groups (broad SMARTS) is 1. The van der Waals surface area contributed by atoms with Crippen molar-refractivity contribution in [1.29, 1.82) is 0 Å². The summed E-state index contributed by atoms with van der Waals surface area (Å²) in [7, 11) is 1.72. The van der Waals surface area contributed by atoms with Crippen molar-refractivity contribution in [2.24, 2.45) is 5.92 Å². The van der Waals surface area contributed by atoms with Crippen molar-refractivity contribution in [2.75, 3.05) is 20.1 Å². The van der Waals surface area contributed by atoms with Gasteiger partial charge in [0, 0.05) is 39.0 Å². The minimum atomic E-state index is -0.823. The van der Waals surface area contributed by atoms with Gasteiger partial charge in [0.15, 0.2) is 0 Å². The van der Waals surface area contributed by atoms with Gasteiger partial charge < -0.3 is 20.6 Å². The summed E-state index contributed by atoms with van der Waals surface area (Å²) in [5.74, 6) is -0.602. The number of nitrogens with zero attached hydrogens (tertiary/aromatic N) is 1. The lowest BCUT2D eigenvalue weighted by Gasteiger charge is -2.30. The van der Waals surface area contributed by atoms with E-state index in [0.29, 0.717) is 32.4 Å².